The van der Waals surface area contributed by atoms with Crippen molar-refractivity contribution < 1.29 is 4.39 Å². The van der Waals surface area contributed by atoms with Crippen molar-refractivity contribution in [1.29, 1.82) is 0 Å². The minimum absolute atomic E-state index is 0.00993. The van der Waals surface area contributed by atoms with E-state index >= 15 is 4.39 Å². The second-order valence-electron chi connectivity index (χ2n) is 10.5. The van der Waals surface area contributed by atoms with Crippen LogP contribution in [0.5, 0.6) is 0 Å². The summed E-state index contributed by atoms with van der Waals surface area (Å²) < 4.78 is 15.1. The molecule has 0 aromatic carbocycles. The predicted molar refractivity (Wildman–Crippen MR) is 95.0 cm³/mol. The van der Waals surface area contributed by atoms with Crippen molar-refractivity contribution in [3.8, 4) is 0 Å². The van der Waals surface area contributed by atoms with Gasteiger partial charge in [-0.1, -0.05) is 34.1 Å². The average molecular weight is 321 g/mol. The fraction of sp³-hybridized carbons (Fsp3) is 1.00. The first-order valence-corrected chi connectivity index (χ1v) is 10.5. The van der Waals surface area contributed by atoms with Gasteiger partial charge < -0.3 is 0 Å². The lowest BCUT2D eigenvalue weighted by Gasteiger charge is -2.63. The van der Waals surface area contributed by atoms with Gasteiger partial charge in [0.1, 0.15) is 6.17 Å². The van der Waals surface area contributed by atoms with Crippen molar-refractivity contribution in [3.63, 3.8) is 0 Å². The van der Waals surface area contributed by atoms with Crippen molar-refractivity contribution in [2.24, 2.45) is 46.3 Å². The molecule has 4 fully saturated rings. The zero-order valence-electron chi connectivity index (χ0n) is 15.8. The zero-order chi connectivity index (χ0) is 16.4. The number of halogens is 1. The number of hydrogen-bond acceptors (Lipinski definition) is 0. The summed E-state index contributed by atoms with van der Waals surface area (Å²) in [4.78, 5) is 0. The molecular formula is C22H37F. The summed E-state index contributed by atoms with van der Waals surface area (Å²) in [6.07, 6.45) is 11.5. The molecule has 0 aromatic heterocycles. The van der Waals surface area contributed by atoms with Gasteiger partial charge in [0.25, 0.3) is 0 Å². The van der Waals surface area contributed by atoms with E-state index in [2.05, 4.69) is 27.7 Å². The van der Waals surface area contributed by atoms with Crippen LogP contribution in [0, 0.1) is 46.3 Å². The second-order valence-corrected chi connectivity index (χ2v) is 10.5. The minimum Gasteiger partial charge on any atom is -0.247 e. The average Bonchev–Trinajstić information content (AvgIpc) is 2.52. The molecular weight excluding hydrogens is 283 g/mol. The molecule has 0 aromatic rings. The molecule has 0 radical (unpaired) electrons. The van der Waals surface area contributed by atoms with E-state index in [9.17, 15) is 0 Å². The summed E-state index contributed by atoms with van der Waals surface area (Å²) in [5, 5.41) is 0. The van der Waals surface area contributed by atoms with Crippen LogP contribution in [0.15, 0.2) is 0 Å². The molecule has 3 unspecified atom stereocenters. The van der Waals surface area contributed by atoms with E-state index in [0.717, 1.165) is 36.5 Å². The lowest BCUT2D eigenvalue weighted by molar-refractivity contribution is -0.157. The lowest BCUT2D eigenvalue weighted by Crippen LogP contribution is -2.57. The molecule has 4 aliphatic rings. The Hall–Kier alpha value is -0.0700. The van der Waals surface area contributed by atoms with E-state index in [1.54, 1.807) is 0 Å². The highest BCUT2D eigenvalue weighted by Gasteiger charge is 2.59. The monoisotopic (exact) mass is 320 g/mol. The summed E-state index contributed by atoms with van der Waals surface area (Å²) >= 11 is 0. The van der Waals surface area contributed by atoms with Crippen LogP contribution in [0.1, 0.15) is 85.5 Å². The molecule has 0 amide bonds. The van der Waals surface area contributed by atoms with E-state index in [-0.39, 0.29) is 11.3 Å². The normalized spacial score (nSPS) is 59.6. The zero-order valence-corrected chi connectivity index (χ0v) is 15.8. The van der Waals surface area contributed by atoms with Gasteiger partial charge >= 0.3 is 0 Å². The van der Waals surface area contributed by atoms with Crippen molar-refractivity contribution in [1.82, 2.24) is 0 Å². The Morgan fingerprint density at radius 1 is 0.783 bits per heavy atom. The summed E-state index contributed by atoms with van der Waals surface area (Å²) in [6.45, 7) is 9.55. The van der Waals surface area contributed by atoms with Crippen molar-refractivity contribution in [3.05, 3.63) is 0 Å². The van der Waals surface area contributed by atoms with Gasteiger partial charge in [0.05, 0.1) is 0 Å². The smallest absolute Gasteiger partial charge is 0.108 e. The largest absolute Gasteiger partial charge is 0.247 e. The molecule has 0 bridgehead atoms. The van der Waals surface area contributed by atoms with Crippen LogP contribution in [-0.4, -0.2) is 6.17 Å². The molecule has 4 rings (SSSR count). The highest BCUT2D eigenvalue weighted by atomic mass is 19.1. The Bertz CT molecular complexity index is 459. The molecule has 9 atom stereocenters. The highest BCUT2D eigenvalue weighted by molar-refractivity contribution is 5.08. The molecule has 1 heteroatoms. The maximum Gasteiger partial charge on any atom is 0.108 e. The third kappa shape index (κ3) is 2.27. The molecule has 0 saturated heterocycles. The Morgan fingerprint density at radius 2 is 1.48 bits per heavy atom. The number of hydrogen-bond donors (Lipinski definition) is 0. The molecule has 4 aliphatic carbocycles. The van der Waals surface area contributed by atoms with Gasteiger partial charge in [-0.05, 0) is 92.3 Å². The van der Waals surface area contributed by atoms with Gasteiger partial charge in [0.2, 0.25) is 0 Å². The molecule has 0 spiro atoms. The summed E-state index contributed by atoms with van der Waals surface area (Å²) in [7, 11) is 0. The fourth-order valence-electron chi connectivity index (χ4n) is 7.95. The van der Waals surface area contributed by atoms with E-state index in [0.29, 0.717) is 11.3 Å². The Kier molecular flexibility index (Phi) is 3.90. The quantitative estimate of drug-likeness (QED) is 0.469. The molecule has 0 N–H and O–H groups in total. The Balaban J connectivity index is 1.62. The van der Waals surface area contributed by atoms with E-state index in [1.165, 1.54) is 44.9 Å². The van der Waals surface area contributed by atoms with Crippen LogP contribution in [0.25, 0.3) is 0 Å². The van der Waals surface area contributed by atoms with Crippen LogP contribution in [0.3, 0.4) is 0 Å². The Morgan fingerprint density at radius 3 is 2.26 bits per heavy atom. The SMILES string of the molecule is C[C@H]1CC[C@]2(C)C3CC[C@@]4(C)C(CC[C@@H](C)[C@@H]4F)C3CC[C@H]2C1. The number of rotatable bonds is 0. The van der Waals surface area contributed by atoms with Gasteiger partial charge in [-0.25, -0.2) is 4.39 Å². The van der Waals surface area contributed by atoms with Crippen LogP contribution in [-0.2, 0) is 0 Å². The fourth-order valence-corrected chi connectivity index (χ4v) is 7.95. The second kappa shape index (κ2) is 5.46. The lowest BCUT2D eigenvalue weighted by atomic mass is 9.42. The topological polar surface area (TPSA) is 0 Å². The van der Waals surface area contributed by atoms with Gasteiger partial charge in [-0.3, -0.25) is 0 Å². The van der Waals surface area contributed by atoms with Crippen molar-refractivity contribution >= 4 is 0 Å². The van der Waals surface area contributed by atoms with Crippen LogP contribution >= 0.6 is 0 Å². The van der Waals surface area contributed by atoms with E-state index < -0.39 is 6.17 Å². The van der Waals surface area contributed by atoms with Crippen LogP contribution < -0.4 is 0 Å². The first-order chi connectivity index (χ1) is 10.9. The summed E-state index contributed by atoms with van der Waals surface area (Å²) in [5.74, 6) is 4.58. The molecule has 132 valence electrons. The molecule has 0 heterocycles. The summed E-state index contributed by atoms with van der Waals surface area (Å²) in [5.41, 5.74) is 0.565. The predicted octanol–water partition coefficient (Wildman–Crippen LogP) is 6.64. The van der Waals surface area contributed by atoms with Gasteiger partial charge in [-0.15, -0.1) is 0 Å². The maximum absolute atomic E-state index is 15.1. The van der Waals surface area contributed by atoms with E-state index in [1.807, 2.05) is 0 Å². The molecule has 0 aliphatic heterocycles. The van der Waals surface area contributed by atoms with Crippen LogP contribution in [0.2, 0.25) is 0 Å². The van der Waals surface area contributed by atoms with E-state index in [4.69, 9.17) is 0 Å². The third-order valence-corrected chi connectivity index (χ3v) is 9.43. The van der Waals surface area contributed by atoms with Crippen molar-refractivity contribution in [2.45, 2.75) is 91.7 Å². The van der Waals surface area contributed by atoms with Gasteiger partial charge in [0, 0.05) is 5.41 Å². The van der Waals surface area contributed by atoms with Gasteiger partial charge in [0.15, 0.2) is 0 Å². The minimum atomic E-state index is -0.556. The summed E-state index contributed by atoms with van der Waals surface area (Å²) in [6, 6.07) is 0. The van der Waals surface area contributed by atoms with Gasteiger partial charge in [-0.2, -0.15) is 0 Å². The molecule has 0 nitrogen and oxygen atoms in total. The maximum atomic E-state index is 15.1. The first-order valence-electron chi connectivity index (χ1n) is 10.5. The molecule has 4 saturated carbocycles. The standard InChI is InChI=1S/C22H37F/c1-14-9-11-21(3)16(13-14)6-7-17-18-8-5-15(2)20(23)22(18,4)12-10-19(17)21/h14-20H,5-13H2,1-4H3/t14-,15+,16-,17?,18?,19?,20-,21-,22-/m0/s1. The third-order valence-electron chi connectivity index (χ3n) is 9.43. The van der Waals surface area contributed by atoms with Crippen LogP contribution in [0.4, 0.5) is 4.39 Å². The van der Waals surface area contributed by atoms with Crippen molar-refractivity contribution in [2.75, 3.05) is 0 Å². The first kappa shape index (κ1) is 16.4. The molecule has 23 heavy (non-hydrogen) atoms. The number of fused-ring (bicyclic) bond motifs is 5. The highest BCUT2D eigenvalue weighted by Crippen LogP contribution is 2.66. The number of alkyl halides is 1. The Labute approximate surface area is 143 Å².